The van der Waals surface area contributed by atoms with Crippen molar-refractivity contribution in [2.24, 2.45) is 0 Å². The topological polar surface area (TPSA) is 89.0 Å². The van der Waals surface area contributed by atoms with Gasteiger partial charge in [-0.3, -0.25) is 0 Å². The molecule has 116 valence electrons. The third-order valence-corrected chi connectivity index (χ3v) is 2.45. The molecule has 21 heavy (non-hydrogen) atoms. The minimum atomic E-state index is -1.00. The molecule has 0 aromatic heterocycles. The van der Waals surface area contributed by atoms with Crippen molar-refractivity contribution in [3.8, 4) is 0 Å². The van der Waals surface area contributed by atoms with E-state index in [1.54, 1.807) is 13.0 Å². The molecule has 0 fully saturated rings. The maximum absolute atomic E-state index is 11.4. The van der Waals surface area contributed by atoms with Crippen molar-refractivity contribution < 1.29 is 23.9 Å². The number of unbranched alkanes of at least 4 members (excludes halogenated alkanes) is 3. The van der Waals surface area contributed by atoms with Crippen LogP contribution in [0, 0.1) is 0 Å². The van der Waals surface area contributed by atoms with E-state index >= 15 is 0 Å². The molecule has 0 saturated heterocycles. The lowest BCUT2D eigenvalue weighted by Crippen LogP contribution is -2.29. The van der Waals surface area contributed by atoms with Crippen molar-refractivity contribution in [2.45, 2.75) is 46.0 Å². The van der Waals surface area contributed by atoms with Gasteiger partial charge in [0.25, 0.3) is 0 Å². The van der Waals surface area contributed by atoms with E-state index in [-0.39, 0.29) is 13.2 Å². The Kier molecular flexibility index (Phi) is 11.5. The molecule has 0 saturated carbocycles. The van der Waals surface area contributed by atoms with Crippen LogP contribution in [0.3, 0.4) is 0 Å². The van der Waals surface area contributed by atoms with Gasteiger partial charge in [-0.1, -0.05) is 19.8 Å². The summed E-state index contributed by atoms with van der Waals surface area (Å²) in [5.41, 5.74) is 10.8. The van der Waals surface area contributed by atoms with Crippen LogP contribution in [0.15, 0.2) is 17.9 Å². The molecule has 0 unspecified atom stereocenters. The van der Waals surface area contributed by atoms with Crippen LogP contribution in [-0.4, -0.2) is 35.7 Å². The lowest BCUT2D eigenvalue weighted by Gasteiger charge is -1.99. The Balaban J connectivity index is 4.01. The summed E-state index contributed by atoms with van der Waals surface area (Å²) in [4.78, 5) is 25.3. The zero-order valence-electron chi connectivity index (χ0n) is 12.6. The second-order valence-electron chi connectivity index (χ2n) is 4.16. The van der Waals surface area contributed by atoms with Gasteiger partial charge in [0.2, 0.25) is 0 Å². The molecule has 0 aromatic carbocycles. The number of esters is 2. The summed E-state index contributed by atoms with van der Waals surface area (Å²) in [5, 5.41) is 0. The Hall–Kier alpha value is -2.16. The highest BCUT2D eigenvalue weighted by Crippen LogP contribution is 1.98. The molecule has 0 amide bonds. The van der Waals surface area contributed by atoms with Crippen molar-refractivity contribution in [3.63, 3.8) is 0 Å². The van der Waals surface area contributed by atoms with Gasteiger partial charge in [-0.25, -0.2) is 9.59 Å². The third-order valence-electron chi connectivity index (χ3n) is 2.45. The van der Waals surface area contributed by atoms with Crippen LogP contribution in [0.25, 0.3) is 5.53 Å². The van der Waals surface area contributed by atoms with Crippen molar-refractivity contribution in [2.75, 3.05) is 13.2 Å². The molecule has 0 atom stereocenters. The van der Waals surface area contributed by atoms with Gasteiger partial charge in [0.1, 0.15) is 0 Å². The lowest BCUT2D eigenvalue weighted by atomic mass is 10.2. The van der Waals surface area contributed by atoms with Gasteiger partial charge in [0.15, 0.2) is 0 Å². The molecular weight excluding hydrogens is 272 g/mol. The van der Waals surface area contributed by atoms with Gasteiger partial charge in [0.05, 0.1) is 13.2 Å². The number of nitrogens with zero attached hydrogens (tertiary/aromatic N) is 2. The van der Waals surface area contributed by atoms with Crippen molar-refractivity contribution in [1.29, 1.82) is 0 Å². The van der Waals surface area contributed by atoms with E-state index in [1.165, 1.54) is 12.8 Å². The highest BCUT2D eigenvalue weighted by molar-refractivity contribution is 6.60. The summed E-state index contributed by atoms with van der Waals surface area (Å²) >= 11 is 0. The maximum atomic E-state index is 11.4. The van der Waals surface area contributed by atoms with E-state index in [4.69, 9.17) is 10.3 Å². The molecule has 0 N–H and O–H groups in total. The van der Waals surface area contributed by atoms with Crippen LogP contribution in [0.4, 0.5) is 0 Å². The fourth-order valence-electron chi connectivity index (χ4n) is 1.39. The fraction of sp³-hybridized carbons (Fsp3) is 0.600. The average molecular weight is 294 g/mol. The highest BCUT2D eigenvalue weighted by Gasteiger charge is 2.32. The quantitative estimate of drug-likeness (QED) is 0.118. The third kappa shape index (κ3) is 9.38. The monoisotopic (exact) mass is 294 g/mol. The number of hydrogen-bond acceptors (Lipinski definition) is 4. The number of ether oxygens (including phenoxy) is 2. The van der Waals surface area contributed by atoms with Gasteiger partial charge in [-0.2, -0.15) is 4.79 Å². The van der Waals surface area contributed by atoms with Gasteiger partial charge in [-0.15, -0.1) is 5.73 Å². The second-order valence-corrected chi connectivity index (χ2v) is 4.16. The Morgan fingerprint density at radius 1 is 1.10 bits per heavy atom. The van der Waals surface area contributed by atoms with E-state index in [0.29, 0.717) is 6.42 Å². The molecule has 0 spiro atoms. The van der Waals surface area contributed by atoms with Gasteiger partial charge < -0.3 is 15.0 Å². The van der Waals surface area contributed by atoms with E-state index in [0.717, 1.165) is 12.8 Å². The van der Waals surface area contributed by atoms with Crippen LogP contribution < -0.4 is 0 Å². The Labute approximate surface area is 125 Å². The van der Waals surface area contributed by atoms with E-state index in [2.05, 4.69) is 22.2 Å². The summed E-state index contributed by atoms with van der Waals surface area (Å²) < 4.78 is 9.34. The van der Waals surface area contributed by atoms with Crippen LogP contribution in [-0.2, 0) is 19.1 Å². The van der Waals surface area contributed by atoms with E-state index in [9.17, 15) is 9.59 Å². The first-order chi connectivity index (χ1) is 10.2. The Morgan fingerprint density at radius 3 is 2.38 bits per heavy atom. The molecular formula is C15H22N2O4. The molecule has 6 nitrogen and oxygen atoms in total. The van der Waals surface area contributed by atoms with Crippen molar-refractivity contribution in [3.05, 3.63) is 23.4 Å². The molecule has 0 bridgehead atoms. The predicted octanol–water partition coefficient (Wildman–Crippen LogP) is 2.45. The molecule has 0 aliphatic heterocycles. The van der Waals surface area contributed by atoms with E-state index in [1.807, 2.05) is 6.08 Å². The Bertz CT molecular complexity index is 445. The molecule has 0 rings (SSSR count). The molecule has 0 aromatic rings. The first kappa shape index (κ1) is 18.8. The van der Waals surface area contributed by atoms with E-state index < -0.39 is 17.7 Å². The summed E-state index contributed by atoms with van der Waals surface area (Å²) in [6.45, 7) is 3.88. The SMILES string of the molecule is CCCCCC=C=CCCOC(=O)C(=[N+]=[N-])C(=O)OCC. The zero-order valence-corrected chi connectivity index (χ0v) is 12.6. The molecule has 0 aliphatic rings. The minimum Gasteiger partial charge on any atom is -0.457 e. The average Bonchev–Trinajstić information content (AvgIpc) is 2.46. The first-order valence-corrected chi connectivity index (χ1v) is 7.13. The smallest absolute Gasteiger partial charge is 0.457 e. The lowest BCUT2D eigenvalue weighted by molar-refractivity contribution is -0.148. The highest BCUT2D eigenvalue weighted by atomic mass is 16.6. The standard InChI is InChI=1S/C15H22N2O4/c1-3-5-6-7-8-9-10-11-12-21-15(19)13(17-16)14(18)20-4-2/h8,10H,3-7,11-12H2,1-2H3. The van der Waals surface area contributed by atoms with Crippen LogP contribution in [0.5, 0.6) is 0 Å². The number of rotatable bonds is 10. The number of carbonyl (C=O) groups excluding carboxylic acids is 2. The van der Waals surface area contributed by atoms with Crippen molar-refractivity contribution >= 4 is 17.7 Å². The first-order valence-electron chi connectivity index (χ1n) is 7.13. The molecule has 0 aliphatic carbocycles. The van der Waals surface area contributed by atoms with Gasteiger partial charge in [0, 0.05) is 6.42 Å². The summed E-state index contributed by atoms with van der Waals surface area (Å²) in [6, 6.07) is 0. The maximum Gasteiger partial charge on any atom is 0.482 e. The predicted molar refractivity (Wildman–Crippen MR) is 77.6 cm³/mol. The van der Waals surface area contributed by atoms with Gasteiger partial charge in [-0.05, 0) is 31.9 Å². The molecule has 6 heteroatoms. The fourth-order valence-corrected chi connectivity index (χ4v) is 1.39. The largest absolute Gasteiger partial charge is 0.482 e. The summed E-state index contributed by atoms with van der Waals surface area (Å²) in [5.74, 6) is -2.01. The summed E-state index contributed by atoms with van der Waals surface area (Å²) in [7, 11) is 0. The zero-order chi connectivity index (χ0) is 15.9. The van der Waals surface area contributed by atoms with Crippen LogP contribution in [0.1, 0.15) is 46.0 Å². The Morgan fingerprint density at radius 2 is 1.76 bits per heavy atom. The van der Waals surface area contributed by atoms with Gasteiger partial charge >= 0.3 is 17.7 Å². The van der Waals surface area contributed by atoms with Crippen molar-refractivity contribution in [1.82, 2.24) is 0 Å². The normalized spacial score (nSPS) is 9.05. The minimum absolute atomic E-state index is 0.0764. The summed E-state index contributed by atoms with van der Waals surface area (Å²) in [6.07, 6.45) is 8.67. The second kappa shape index (κ2) is 12.9. The number of hydrogen-bond donors (Lipinski definition) is 0. The molecule has 0 radical (unpaired) electrons. The van der Waals surface area contributed by atoms with Crippen LogP contribution >= 0.6 is 0 Å². The molecule has 0 heterocycles. The number of carbonyl (C=O) groups is 2. The van der Waals surface area contributed by atoms with Crippen LogP contribution in [0.2, 0.25) is 0 Å².